The molecule has 2 nitrogen and oxygen atoms in total. The molecule has 2 aliphatic rings. The summed E-state index contributed by atoms with van der Waals surface area (Å²) in [5.41, 5.74) is 1.57. The van der Waals surface area contributed by atoms with Crippen molar-refractivity contribution in [2.75, 3.05) is 39.0 Å². The molecule has 2 unspecified atom stereocenters. The number of hydrogen-bond acceptors (Lipinski definition) is 3. The second-order valence-electron chi connectivity index (χ2n) is 6.19. The maximum Gasteiger partial charge on any atom is 0.0223 e. The van der Waals surface area contributed by atoms with E-state index < -0.39 is 0 Å². The normalized spacial score (nSPS) is 26.4. The van der Waals surface area contributed by atoms with Gasteiger partial charge >= 0.3 is 0 Å². The fourth-order valence-corrected chi connectivity index (χ4v) is 4.95. The monoisotopic (exact) mass is 290 g/mol. The zero-order valence-electron chi connectivity index (χ0n) is 12.7. The molecule has 0 amide bonds. The molecule has 0 spiro atoms. The molecule has 3 rings (SSSR count). The van der Waals surface area contributed by atoms with Crippen LogP contribution >= 0.6 is 11.8 Å². The summed E-state index contributed by atoms with van der Waals surface area (Å²) >= 11 is 2.03. The first-order chi connectivity index (χ1) is 9.78. The Morgan fingerprint density at radius 3 is 3.00 bits per heavy atom. The third-order valence-electron chi connectivity index (χ3n) is 4.76. The van der Waals surface area contributed by atoms with Gasteiger partial charge in [0.05, 0.1) is 0 Å². The highest BCUT2D eigenvalue weighted by atomic mass is 32.2. The van der Waals surface area contributed by atoms with E-state index in [1.165, 1.54) is 49.7 Å². The molecule has 0 N–H and O–H groups in total. The Kier molecular flexibility index (Phi) is 4.69. The number of nitrogens with zero attached hydrogens (tertiary/aromatic N) is 2. The van der Waals surface area contributed by atoms with Crippen molar-refractivity contribution >= 4 is 11.8 Å². The summed E-state index contributed by atoms with van der Waals surface area (Å²) in [6.45, 7) is 7.25. The molecular weight excluding hydrogens is 264 g/mol. The van der Waals surface area contributed by atoms with Crippen LogP contribution in [0.1, 0.15) is 31.2 Å². The number of rotatable bonds is 5. The van der Waals surface area contributed by atoms with Gasteiger partial charge in [-0.05, 0) is 44.6 Å². The van der Waals surface area contributed by atoms with E-state index in [1.54, 1.807) is 5.56 Å². The Balaban J connectivity index is 1.56. The predicted octanol–water partition coefficient (Wildman–Crippen LogP) is 3.29. The molecule has 1 aromatic rings. The van der Waals surface area contributed by atoms with E-state index in [9.17, 15) is 0 Å². The lowest BCUT2D eigenvalue weighted by molar-refractivity contribution is 0.195. The van der Waals surface area contributed by atoms with Crippen LogP contribution in [-0.2, 0) is 0 Å². The minimum absolute atomic E-state index is 0.720. The van der Waals surface area contributed by atoms with Crippen LogP contribution in [-0.4, -0.2) is 54.8 Å². The molecular formula is C17H26N2S. The van der Waals surface area contributed by atoms with Crippen molar-refractivity contribution in [3.05, 3.63) is 29.8 Å². The molecule has 2 heterocycles. The number of hydrogen-bond donors (Lipinski definition) is 0. The Labute approximate surface area is 127 Å². The topological polar surface area (TPSA) is 6.48 Å². The summed E-state index contributed by atoms with van der Waals surface area (Å²) in [6.07, 6.45) is 2.77. The van der Waals surface area contributed by atoms with Gasteiger partial charge in [0.25, 0.3) is 0 Å². The van der Waals surface area contributed by atoms with Gasteiger partial charge in [0, 0.05) is 35.7 Å². The first kappa shape index (κ1) is 14.4. The fraction of sp³-hybridized carbons (Fsp3) is 0.647. The average molecular weight is 290 g/mol. The lowest BCUT2D eigenvalue weighted by atomic mass is 10.0. The van der Waals surface area contributed by atoms with Gasteiger partial charge in [-0.2, -0.15) is 0 Å². The highest BCUT2D eigenvalue weighted by Crippen LogP contribution is 2.39. The second kappa shape index (κ2) is 6.50. The molecule has 0 aromatic heterocycles. The average Bonchev–Trinajstić information content (AvgIpc) is 3.06. The summed E-state index contributed by atoms with van der Waals surface area (Å²) in [7, 11) is 2.30. The number of likely N-dealkylation sites (tertiary alicyclic amines) is 1. The van der Waals surface area contributed by atoms with Gasteiger partial charge in [0.1, 0.15) is 0 Å². The zero-order valence-corrected chi connectivity index (χ0v) is 13.5. The van der Waals surface area contributed by atoms with Crippen LogP contribution in [0.2, 0.25) is 0 Å². The number of likely N-dealkylation sites (N-methyl/N-ethyl adjacent to an activating group) is 2. The number of fused-ring (bicyclic) bond motifs is 1. The van der Waals surface area contributed by atoms with Crippen LogP contribution in [0.25, 0.3) is 0 Å². The maximum atomic E-state index is 2.65. The second-order valence-corrected chi connectivity index (χ2v) is 7.25. The van der Waals surface area contributed by atoms with Crippen molar-refractivity contribution in [1.82, 2.24) is 9.80 Å². The van der Waals surface area contributed by atoms with E-state index in [0.717, 1.165) is 12.0 Å². The summed E-state index contributed by atoms with van der Waals surface area (Å²) in [5.74, 6) is 1.98. The third-order valence-corrected chi connectivity index (χ3v) is 6.01. The summed E-state index contributed by atoms with van der Waals surface area (Å²) in [6, 6.07) is 9.73. The zero-order chi connectivity index (χ0) is 13.9. The largest absolute Gasteiger partial charge is 0.304 e. The van der Waals surface area contributed by atoms with Crippen molar-refractivity contribution in [3.8, 4) is 0 Å². The smallest absolute Gasteiger partial charge is 0.0223 e. The predicted molar refractivity (Wildman–Crippen MR) is 87.7 cm³/mol. The minimum Gasteiger partial charge on any atom is -0.304 e. The van der Waals surface area contributed by atoms with Gasteiger partial charge in [-0.1, -0.05) is 25.1 Å². The Morgan fingerprint density at radius 1 is 1.30 bits per heavy atom. The standard InChI is InChI=1S/C17H26N2S/c1-3-19-10-6-7-15(19)12-18(2)11-14-13-20-17-9-5-4-8-16(14)17/h4-5,8-9,14-15H,3,6-7,10-13H2,1-2H3. The molecule has 0 radical (unpaired) electrons. The van der Waals surface area contributed by atoms with Crippen molar-refractivity contribution in [3.63, 3.8) is 0 Å². The van der Waals surface area contributed by atoms with Gasteiger partial charge in [0.15, 0.2) is 0 Å². The van der Waals surface area contributed by atoms with Crippen molar-refractivity contribution in [1.29, 1.82) is 0 Å². The van der Waals surface area contributed by atoms with E-state index in [2.05, 4.69) is 48.0 Å². The fourth-order valence-electron chi connectivity index (χ4n) is 3.71. The van der Waals surface area contributed by atoms with E-state index in [-0.39, 0.29) is 0 Å². The Hall–Kier alpha value is -0.510. The molecule has 1 fully saturated rings. The molecule has 0 bridgehead atoms. The van der Waals surface area contributed by atoms with Crippen LogP contribution in [0.4, 0.5) is 0 Å². The third kappa shape index (κ3) is 3.05. The van der Waals surface area contributed by atoms with E-state index >= 15 is 0 Å². The van der Waals surface area contributed by atoms with Gasteiger partial charge in [0.2, 0.25) is 0 Å². The van der Waals surface area contributed by atoms with Gasteiger partial charge in [-0.25, -0.2) is 0 Å². The number of benzene rings is 1. The van der Waals surface area contributed by atoms with Crippen LogP contribution < -0.4 is 0 Å². The van der Waals surface area contributed by atoms with E-state index in [0.29, 0.717) is 0 Å². The molecule has 0 aliphatic carbocycles. The number of thioether (sulfide) groups is 1. The summed E-state index contributed by atoms with van der Waals surface area (Å²) in [5, 5.41) is 0. The summed E-state index contributed by atoms with van der Waals surface area (Å²) < 4.78 is 0. The van der Waals surface area contributed by atoms with Crippen LogP contribution in [0.5, 0.6) is 0 Å². The molecule has 2 aliphatic heterocycles. The van der Waals surface area contributed by atoms with Crippen LogP contribution in [0.3, 0.4) is 0 Å². The molecule has 1 aromatic carbocycles. The summed E-state index contributed by atoms with van der Waals surface area (Å²) in [4.78, 5) is 6.71. The van der Waals surface area contributed by atoms with Gasteiger partial charge in [-0.15, -0.1) is 11.8 Å². The molecule has 2 atom stereocenters. The Bertz CT molecular complexity index is 448. The van der Waals surface area contributed by atoms with Crippen molar-refractivity contribution in [2.24, 2.45) is 0 Å². The molecule has 1 saturated heterocycles. The highest BCUT2D eigenvalue weighted by Gasteiger charge is 2.27. The highest BCUT2D eigenvalue weighted by molar-refractivity contribution is 7.99. The van der Waals surface area contributed by atoms with E-state index in [1.807, 2.05) is 11.8 Å². The molecule has 20 heavy (non-hydrogen) atoms. The quantitative estimate of drug-likeness (QED) is 0.821. The lowest BCUT2D eigenvalue weighted by Gasteiger charge is -2.29. The van der Waals surface area contributed by atoms with E-state index in [4.69, 9.17) is 0 Å². The van der Waals surface area contributed by atoms with Crippen LogP contribution in [0.15, 0.2) is 29.2 Å². The SMILES string of the molecule is CCN1CCCC1CN(C)CC1CSc2ccccc21. The van der Waals surface area contributed by atoms with Gasteiger partial charge in [-0.3, -0.25) is 4.90 Å². The van der Waals surface area contributed by atoms with Gasteiger partial charge < -0.3 is 4.90 Å². The molecule has 110 valence electrons. The molecule has 0 saturated carbocycles. The van der Waals surface area contributed by atoms with Crippen molar-refractivity contribution in [2.45, 2.75) is 36.6 Å². The maximum absolute atomic E-state index is 2.65. The first-order valence-corrected chi connectivity index (χ1v) is 8.90. The van der Waals surface area contributed by atoms with Crippen molar-refractivity contribution < 1.29 is 0 Å². The first-order valence-electron chi connectivity index (χ1n) is 7.92. The molecule has 3 heteroatoms. The lowest BCUT2D eigenvalue weighted by Crippen LogP contribution is -2.40. The minimum atomic E-state index is 0.720. The Morgan fingerprint density at radius 2 is 2.15 bits per heavy atom. The van der Waals surface area contributed by atoms with Crippen LogP contribution in [0, 0.1) is 0 Å².